The van der Waals surface area contributed by atoms with Crippen LogP contribution in [-0.2, 0) is 14.3 Å². The minimum atomic E-state index is -0.951. The Hall–Kier alpha value is -2.81. The van der Waals surface area contributed by atoms with E-state index in [2.05, 4.69) is 10.6 Å². The van der Waals surface area contributed by atoms with Gasteiger partial charge < -0.3 is 24.8 Å². The number of carbonyl (C=O) groups excluding carboxylic acids is 3. The second kappa shape index (κ2) is 7.20. The number of nitrogens with zero attached hydrogens (tertiary/aromatic N) is 1. The van der Waals surface area contributed by atoms with Crippen LogP contribution in [0.5, 0.6) is 11.5 Å². The molecule has 0 atom stereocenters. The summed E-state index contributed by atoms with van der Waals surface area (Å²) < 4.78 is 15.6. The number of hydrogen-bond donors (Lipinski definition) is 2. The number of imide groups is 1. The highest BCUT2D eigenvalue weighted by Crippen LogP contribution is 2.30. The van der Waals surface area contributed by atoms with E-state index in [0.29, 0.717) is 43.2 Å². The van der Waals surface area contributed by atoms with E-state index in [1.165, 1.54) is 14.2 Å². The van der Waals surface area contributed by atoms with Crippen molar-refractivity contribution in [2.24, 2.45) is 0 Å². The van der Waals surface area contributed by atoms with Gasteiger partial charge >= 0.3 is 6.03 Å². The Kier molecular flexibility index (Phi) is 4.99. The van der Waals surface area contributed by atoms with Crippen molar-refractivity contribution in [1.82, 2.24) is 10.2 Å². The molecule has 2 fully saturated rings. The number of ether oxygens (including phenoxy) is 3. The second-order valence-corrected chi connectivity index (χ2v) is 6.13. The van der Waals surface area contributed by atoms with Gasteiger partial charge in [0, 0.05) is 32.1 Å². The third-order valence-electron chi connectivity index (χ3n) is 4.58. The zero-order chi connectivity index (χ0) is 18.7. The summed E-state index contributed by atoms with van der Waals surface area (Å²) in [7, 11) is 2.99. The fraction of sp³-hybridized carbons (Fsp3) is 0.471. The van der Waals surface area contributed by atoms with E-state index < -0.39 is 17.5 Å². The fourth-order valence-electron chi connectivity index (χ4n) is 3.11. The van der Waals surface area contributed by atoms with Gasteiger partial charge in [0.25, 0.3) is 5.91 Å². The van der Waals surface area contributed by atoms with E-state index in [9.17, 15) is 14.4 Å². The zero-order valence-corrected chi connectivity index (χ0v) is 14.7. The largest absolute Gasteiger partial charge is 0.497 e. The first-order valence-corrected chi connectivity index (χ1v) is 8.23. The van der Waals surface area contributed by atoms with E-state index in [0.717, 1.165) is 4.90 Å². The van der Waals surface area contributed by atoms with Crippen molar-refractivity contribution in [1.29, 1.82) is 0 Å². The molecule has 0 aromatic heterocycles. The molecule has 1 aromatic carbocycles. The highest BCUT2D eigenvalue weighted by Gasteiger charge is 2.52. The van der Waals surface area contributed by atoms with E-state index in [4.69, 9.17) is 14.2 Å². The standard InChI is InChI=1S/C17H21N3O6/c1-24-11-3-4-12(13(9-11)25-2)18-14(21)10-20-15(22)17(19-16(20)23)5-7-26-8-6-17/h3-4,9H,5-8,10H2,1-2H3,(H,18,21)(H,19,23). The highest BCUT2D eigenvalue weighted by molar-refractivity contribution is 6.10. The van der Waals surface area contributed by atoms with Gasteiger partial charge in [-0.2, -0.15) is 0 Å². The number of nitrogens with one attached hydrogen (secondary N) is 2. The average molecular weight is 363 g/mol. The summed E-state index contributed by atoms with van der Waals surface area (Å²) in [6.07, 6.45) is 0.810. The second-order valence-electron chi connectivity index (χ2n) is 6.13. The van der Waals surface area contributed by atoms with Gasteiger partial charge in [-0.3, -0.25) is 14.5 Å². The van der Waals surface area contributed by atoms with Gasteiger partial charge in [0.05, 0.1) is 19.9 Å². The monoisotopic (exact) mass is 363 g/mol. The molecule has 2 aliphatic rings. The lowest BCUT2D eigenvalue weighted by atomic mass is 9.90. The predicted molar refractivity (Wildman–Crippen MR) is 91.2 cm³/mol. The summed E-state index contributed by atoms with van der Waals surface area (Å²) in [6.45, 7) is 0.423. The molecule has 0 aliphatic carbocycles. The first kappa shape index (κ1) is 18.0. The molecule has 9 heteroatoms. The molecule has 2 heterocycles. The molecule has 0 unspecified atom stereocenters. The van der Waals surface area contributed by atoms with Crippen molar-refractivity contribution in [3.05, 3.63) is 18.2 Å². The van der Waals surface area contributed by atoms with Gasteiger partial charge in [0.2, 0.25) is 5.91 Å². The summed E-state index contributed by atoms with van der Waals surface area (Å²) in [5, 5.41) is 5.37. The Labute approximate surface area is 150 Å². The van der Waals surface area contributed by atoms with Crippen molar-refractivity contribution >= 4 is 23.5 Å². The maximum absolute atomic E-state index is 12.7. The SMILES string of the molecule is COc1ccc(NC(=O)CN2C(=O)NC3(CCOCC3)C2=O)c(OC)c1. The molecular weight excluding hydrogens is 342 g/mol. The number of rotatable bonds is 5. The van der Waals surface area contributed by atoms with E-state index in [1.54, 1.807) is 18.2 Å². The quantitative estimate of drug-likeness (QED) is 0.748. The molecule has 4 amide bonds. The smallest absolute Gasteiger partial charge is 0.325 e. The number of benzene rings is 1. The van der Waals surface area contributed by atoms with Gasteiger partial charge in [-0.25, -0.2) is 4.79 Å². The minimum absolute atomic E-state index is 0.373. The Morgan fingerprint density at radius 2 is 2.00 bits per heavy atom. The number of amides is 4. The lowest BCUT2D eigenvalue weighted by molar-refractivity contribution is -0.136. The maximum atomic E-state index is 12.7. The van der Waals surface area contributed by atoms with Crippen LogP contribution < -0.4 is 20.1 Å². The van der Waals surface area contributed by atoms with Crippen LogP contribution in [0.3, 0.4) is 0 Å². The van der Waals surface area contributed by atoms with Crippen LogP contribution >= 0.6 is 0 Å². The van der Waals surface area contributed by atoms with Crippen molar-refractivity contribution in [3.63, 3.8) is 0 Å². The number of methoxy groups -OCH3 is 2. The molecule has 2 aliphatic heterocycles. The summed E-state index contributed by atoms with van der Waals surface area (Å²) in [4.78, 5) is 38.1. The molecule has 0 saturated carbocycles. The molecule has 26 heavy (non-hydrogen) atoms. The maximum Gasteiger partial charge on any atom is 0.325 e. The van der Waals surface area contributed by atoms with E-state index >= 15 is 0 Å². The first-order valence-electron chi connectivity index (χ1n) is 8.23. The molecule has 0 bridgehead atoms. The average Bonchev–Trinajstić information content (AvgIpc) is 2.86. The number of hydrogen-bond acceptors (Lipinski definition) is 6. The third-order valence-corrected chi connectivity index (χ3v) is 4.58. The van der Waals surface area contributed by atoms with Gasteiger partial charge in [0.15, 0.2) is 0 Å². The third kappa shape index (κ3) is 3.30. The van der Waals surface area contributed by atoms with Gasteiger partial charge in [-0.15, -0.1) is 0 Å². The predicted octanol–water partition coefficient (Wildman–Crippen LogP) is 0.743. The van der Waals surface area contributed by atoms with Crippen LogP contribution in [-0.4, -0.2) is 62.3 Å². The number of carbonyl (C=O) groups is 3. The van der Waals surface area contributed by atoms with Crippen molar-refractivity contribution in [2.75, 3.05) is 39.3 Å². The Morgan fingerprint density at radius 1 is 1.27 bits per heavy atom. The van der Waals surface area contributed by atoms with Crippen molar-refractivity contribution in [2.45, 2.75) is 18.4 Å². The van der Waals surface area contributed by atoms with Crippen molar-refractivity contribution in [3.8, 4) is 11.5 Å². The zero-order valence-electron chi connectivity index (χ0n) is 14.7. The van der Waals surface area contributed by atoms with E-state index in [-0.39, 0.29) is 12.5 Å². The molecule has 0 radical (unpaired) electrons. The van der Waals surface area contributed by atoms with Crippen LogP contribution in [0.1, 0.15) is 12.8 Å². The summed E-state index contributed by atoms with van der Waals surface area (Å²) in [5.41, 5.74) is -0.529. The summed E-state index contributed by atoms with van der Waals surface area (Å²) in [5.74, 6) is 0.106. The molecule has 140 valence electrons. The van der Waals surface area contributed by atoms with Crippen LogP contribution in [0.2, 0.25) is 0 Å². The Bertz CT molecular complexity index is 729. The topological polar surface area (TPSA) is 106 Å². The van der Waals surface area contributed by atoms with Crippen molar-refractivity contribution < 1.29 is 28.6 Å². The number of urea groups is 1. The minimum Gasteiger partial charge on any atom is -0.497 e. The molecule has 2 saturated heterocycles. The summed E-state index contributed by atoms with van der Waals surface area (Å²) >= 11 is 0. The lowest BCUT2D eigenvalue weighted by Gasteiger charge is -2.30. The van der Waals surface area contributed by atoms with E-state index in [1.807, 2.05) is 0 Å². The molecule has 3 rings (SSSR count). The molecule has 1 spiro atoms. The fourth-order valence-corrected chi connectivity index (χ4v) is 3.11. The number of anilines is 1. The Morgan fingerprint density at radius 3 is 2.65 bits per heavy atom. The summed E-state index contributed by atoms with van der Waals surface area (Å²) in [6, 6.07) is 4.36. The van der Waals surface area contributed by atoms with Crippen LogP contribution in [0, 0.1) is 0 Å². The Balaban J connectivity index is 1.68. The van der Waals surface area contributed by atoms with Crippen LogP contribution in [0.15, 0.2) is 18.2 Å². The molecule has 9 nitrogen and oxygen atoms in total. The van der Waals surface area contributed by atoms with Crippen LogP contribution in [0.4, 0.5) is 10.5 Å². The van der Waals surface area contributed by atoms with Gasteiger partial charge in [-0.1, -0.05) is 0 Å². The molecule has 2 N–H and O–H groups in total. The molecular formula is C17H21N3O6. The van der Waals surface area contributed by atoms with Gasteiger partial charge in [-0.05, 0) is 12.1 Å². The normalized spacial score (nSPS) is 18.6. The lowest BCUT2D eigenvalue weighted by Crippen LogP contribution is -2.51. The molecule has 1 aromatic rings. The van der Waals surface area contributed by atoms with Gasteiger partial charge in [0.1, 0.15) is 23.6 Å². The first-order chi connectivity index (χ1) is 12.5. The highest BCUT2D eigenvalue weighted by atomic mass is 16.5. The van der Waals surface area contributed by atoms with Crippen LogP contribution in [0.25, 0.3) is 0 Å².